The Labute approximate surface area is 290 Å². The number of nitrogens with zero attached hydrogens (tertiary/aromatic N) is 10. The minimum Gasteiger partial charge on any atom is -0.392 e. The molecule has 6 aromatic rings. The molecule has 1 N–H and O–H groups in total. The second-order valence-electron chi connectivity index (χ2n) is 13.0. The monoisotopic (exact) mass is 678 g/mol. The van der Waals surface area contributed by atoms with Crippen molar-refractivity contribution in [2.45, 2.75) is 86.2 Å². The summed E-state index contributed by atoms with van der Waals surface area (Å²) in [6.45, 7) is 12.9. The Kier molecular flexibility index (Phi) is 9.61. The molecule has 4 aromatic heterocycles. The van der Waals surface area contributed by atoms with Crippen LogP contribution < -0.4 is 11.2 Å². The molecule has 0 aliphatic rings. The summed E-state index contributed by atoms with van der Waals surface area (Å²) in [5.41, 5.74) is 7.88. The van der Waals surface area contributed by atoms with Crippen molar-refractivity contribution in [2.75, 3.05) is 0 Å². The predicted octanol–water partition coefficient (Wildman–Crippen LogP) is 4.90. The number of carbonyl (C=O) groups excluding carboxylic acids is 2. The minimum atomic E-state index is -0.375. The lowest BCUT2D eigenvalue weighted by molar-refractivity contribution is 0.0977. The molecule has 2 atom stereocenters. The van der Waals surface area contributed by atoms with Crippen LogP contribution in [-0.4, -0.2) is 54.8 Å². The van der Waals surface area contributed by atoms with Crippen molar-refractivity contribution in [2.24, 2.45) is 24.1 Å². The summed E-state index contributed by atoms with van der Waals surface area (Å²) in [5, 5.41) is 19.3. The van der Waals surface area contributed by atoms with Crippen LogP contribution in [0, 0.1) is 13.8 Å². The van der Waals surface area contributed by atoms with Crippen molar-refractivity contribution in [1.29, 1.82) is 0 Å². The number of aliphatic hydroxyl groups is 1. The summed E-state index contributed by atoms with van der Waals surface area (Å²) >= 11 is 0. The highest BCUT2D eigenvalue weighted by Gasteiger charge is 2.23. The number of fused-ring (bicyclic) bond motifs is 2. The molecular weight excluding hydrogens is 632 g/mol. The Morgan fingerprint density at radius 2 is 1.20 bits per heavy atom. The van der Waals surface area contributed by atoms with Crippen molar-refractivity contribution in [3.63, 3.8) is 0 Å². The smallest absolute Gasteiger partial charge is 0.298 e. The summed E-state index contributed by atoms with van der Waals surface area (Å²) in [6.07, 6.45) is 1.43. The van der Waals surface area contributed by atoms with Crippen LogP contribution in [0.3, 0.4) is 0 Å². The SMILES string of the molecule is CCn1nc(C)cc1C(=O)N=c1n(C)c2ccccc2n1[C@@H](C)CC[C@H](C)n1c(=NC(=O)c2cc(C)nn2CC)n(C)c2cccc(CO)c21. The Morgan fingerprint density at radius 1 is 0.720 bits per heavy atom. The zero-order valence-electron chi connectivity index (χ0n) is 30.1. The van der Waals surface area contributed by atoms with E-state index < -0.39 is 0 Å². The van der Waals surface area contributed by atoms with Gasteiger partial charge in [-0.25, -0.2) is 0 Å². The lowest BCUT2D eigenvalue weighted by Gasteiger charge is -2.20. The molecule has 50 heavy (non-hydrogen) atoms. The number of aliphatic hydroxyl groups excluding tert-OH is 1. The highest BCUT2D eigenvalue weighted by molar-refractivity contribution is 5.94. The van der Waals surface area contributed by atoms with Gasteiger partial charge in [-0.05, 0) is 84.7 Å². The fraction of sp³-hybridized carbons (Fsp3) is 0.405. The van der Waals surface area contributed by atoms with Gasteiger partial charge < -0.3 is 23.4 Å². The Bertz CT molecular complexity index is 2380. The lowest BCUT2D eigenvalue weighted by atomic mass is 10.1. The van der Waals surface area contributed by atoms with E-state index in [1.807, 2.05) is 87.3 Å². The first kappa shape index (κ1) is 34.6. The maximum absolute atomic E-state index is 13.7. The molecule has 6 rings (SSSR count). The number of hydrogen-bond donors (Lipinski definition) is 1. The molecule has 13 heteroatoms. The average molecular weight is 679 g/mol. The van der Waals surface area contributed by atoms with E-state index >= 15 is 0 Å². The fourth-order valence-electron chi connectivity index (χ4n) is 7.02. The first-order valence-corrected chi connectivity index (χ1v) is 17.2. The lowest BCUT2D eigenvalue weighted by Crippen LogP contribution is -2.30. The molecular formula is C37H46N10O3. The molecule has 0 saturated heterocycles. The third-order valence-corrected chi connectivity index (χ3v) is 9.53. The zero-order chi connectivity index (χ0) is 35.9. The van der Waals surface area contributed by atoms with E-state index in [9.17, 15) is 14.7 Å². The molecule has 0 fully saturated rings. The van der Waals surface area contributed by atoms with Gasteiger partial charge in [0.1, 0.15) is 11.4 Å². The molecule has 262 valence electrons. The Balaban J connectivity index is 1.41. The molecule has 0 saturated carbocycles. The van der Waals surface area contributed by atoms with E-state index in [2.05, 4.69) is 49.2 Å². The van der Waals surface area contributed by atoms with Crippen LogP contribution in [0.2, 0.25) is 0 Å². The number of para-hydroxylation sites is 3. The van der Waals surface area contributed by atoms with Crippen LogP contribution in [0.15, 0.2) is 64.6 Å². The molecule has 0 radical (unpaired) electrons. The van der Waals surface area contributed by atoms with Crippen molar-refractivity contribution in [1.82, 2.24) is 37.8 Å². The highest BCUT2D eigenvalue weighted by Crippen LogP contribution is 2.27. The van der Waals surface area contributed by atoms with E-state index in [0.29, 0.717) is 42.1 Å². The van der Waals surface area contributed by atoms with Gasteiger partial charge in [0.25, 0.3) is 11.8 Å². The van der Waals surface area contributed by atoms with Crippen molar-refractivity contribution >= 4 is 33.9 Å². The van der Waals surface area contributed by atoms with Crippen LogP contribution >= 0.6 is 0 Å². The summed E-state index contributed by atoms with van der Waals surface area (Å²) in [7, 11) is 3.83. The first-order valence-electron chi connectivity index (χ1n) is 17.2. The number of rotatable bonds is 10. The fourth-order valence-corrected chi connectivity index (χ4v) is 7.02. The molecule has 4 heterocycles. The molecule has 2 aromatic carbocycles. The molecule has 0 aliphatic heterocycles. The van der Waals surface area contributed by atoms with E-state index in [0.717, 1.165) is 45.4 Å². The second kappa shape index (κ2) is 13.9. The summed E-state index contributed by atoms with van der Waals surface area (Å²) in [4.78, 5) is 36.6. The normalized spacial score (nSPS) is 13.9. The van der Waals surface area contributed by atoms with E-state index in [1.165, 1.54) is 0 Å². The number of aryl methyl sites for hydroxylation is 6. The molecule has 2 amide bonds. The highest BCUT2D eigenvalue weighted by atomic mass is 16.3. The third-order valence-electron chi connectivity index (χ3n) is 9.53. The van der Waals surface area contributed by atoms with E-state index in [1.54, 1.807) is 21.5 Å². The summed E-state index contributed by atoms with van der Waals surface area (Å²) < 4.78 is 11.4. The number of amides is 2. The summed E-state index contributed by atoms with van der Waals surface area (Å²) in [6, 6.07) is 17.2. The molecule has 0 unspecified atom stereocenters. The van der Waals surface area contributed by atoms with E-state index in [-0.39, 0.29) is 30.5 Å². The van der Waals surface area contributed by atoms with Crippen LogP contribution in [0.5, 0.6) is 0 Å². The molecule has 0 aliphatic carbocycles. The zero-order valence-corrected chi connectivity index (χ0v) is 30.1. The summed E-state index contributed by atoms with van der Waals surface area (Å²) in [5.74, 6) is -0.717. The predicted molar refractivity (Wildman–Crippen MR) is 191 cm³/mol. The topological polar surface area (TPSA) is 134 Å². The molecule has 0 spiro atoms. The number of hydrogen-bond acceptors (Lipinski definition) is 5. The largest absolute Gasteiger partial charge is 0.392 e. The Hall–Kier alpha value is -5.30. The van der Waals surface area contributed by atoms with E-state index in [4.69, 9.17) is 0 Å². The van der Waals surface area contributed by atoms with Gasteiger partial charge in [0.05, 0.1) is 40.1 Å². The van der Waals surface area contributed by atoms with Crippen LogP contribution in [0.4, 0.5) is 0 Å². The van der Waals surface area contributed by atoms with Crippen molar-refractivity contribution in [3.05, 3.63) is 94.2 Å². The van der Waals surface area contributed by atoms with Gasteiger partial charge in [0.2, 0.25) is 11.2 Å². The number of carbonyl (C=O) groups is 2. The van der Waals surface area contributed by atoms with Gasteiger partial charge in [-0.3, -0.25) is 19.0 Å². The third kappa shape index (κ3) is 6.06. The number of benzene rings is 2. The minimum absolute atomic E-state index is 0.0512. The van der Waals surface area contributed by atoms with Crippen LogP contribution in [0.1, 0.15) is 90.5 Å². The molecule has 0 bridgehead atoms. The van der Waals surface area contributed by atoms with Gasteiger partial charge in [0.15, 0.2) is 0 Å². The first-order chi connectivity index (χ1) is 24.0. The Morgan fingerprint density at radius 3 is 1.74 bits per heavy atom. The maximum atomic E-state index is 13.7. The van der Waals surface area contributed by atoms with Crippen LogP contribution in [0.25, 0.3) is 22.1 Å². The second-order valence-corrected chi connectivity index (χ2v) is 13.0. The van der Waals surface area contributed by atoms with Crippen molar-refractivity contribution < 1.29 is 14.7 Å². The number of aromatic nitrogens is 8. The van der Waals surface area contributed by atoms with Gasteiger partial charge in [-0.2, -0.15) is 20.2 Å². The van der Waals surface area contributed by atoms with Crippen molar-refractivity contribution in [3.8, 4) is 0 Å². The van der Waals surface area contributed by atoms with Crippen LogP contribution in [-0.2, 0) is 33.8 Å². The van der Waals surface area contributed by atoms with Gasteiger partial charge in [-0.1, -0.05) is 24.3 Å². The van der Waals surface area contributed by atoms with Gasteiger partial charge >= 0.3 is 0 Å². The number of imidazole rings is 2. The molecule has 13 nitrogen and oxygen atoms in total. The quantitative estimate of drug-likeness (QED) is 0.220. The standard InChI is InChI=1S/C37H46N10O3/c1-9-44-31(20-23(3)40-44)34(49)38-36-42(7)28-15-11-12-16-29(28)46(36)25(5)18-19-26(6)47-33-27(22-48)14-13-17-30(33)43(8)37(47)39-35(50)32-21-24(4)41-45(32)10-2/h11-17,20-21,25-26,48H,9-10,18-19,22H2,1-8H3/t25-,26-/m0/s1. The average Bonchev–Trinajstić information content (AvgIpc) is 3.84. The maximum Gasteiger partial charge on any atom is 0.298 e. The van der Waals surface area contributed by atoms with Gasteiger partial charge in [-0.15, -0.1) is 0 Å². The van der Waals surface area contributed by atoms with Gasteiger partial charge in [0, 0.05) is 44.8 Å².